The van der Waals surface area contributed by atoms with Crippen molar-refractivity contribution in [3.63, 3.8) is 0 Å². The van der Waals surface area contributed by atoms with Gasteiger partial charge in [0.1, 0.15) is 6.04 Å². The lowest BCUT2D eigenvalue weighted by atomic mass is 10.2. The van der Waals surface area contributed by atoms with E-state index in [2.05, 4.69) is 5.32 Å². The molecule has 1 N–H and O–H groups in total. The highest BCUT2D eigenvalue weighted by Crippen LogP contribution is 2.27. The maximum atomic E-state index is 13.3. The molecule has 1 atom stereocenters. The average Bonchev–Trinajstić information content (AvgIpc) is 3.10. The molecule has 132 valence electrons. The van der Waals surface area contributed by atoms with Gasteiger partial charge in [-0.25, -0.2) is 17.2 Å². The minimum atomic E-state index is -3.80. The Morgan fingerprint density at radius 2 is 1.80 bits per heavy atom. The Labute approximate surface area is 144 Å². The van der Waals surface area contributed by atoms with Gasteiger partial charge in [-0.3, -0.25) is 4.79 Å². The molecule has 0 saturated carbocycles. The van der Waals surface area contributed by atoms with Crippen LogP contribution in [0.25, 0.3) is 0 Å². The number of nitrogens with one attached hydrogen (secondary N) is 1. The summed E-state index contributed by atoms with van der Waals surface area (Å²) < 4.78 is 52.9. The maximum absolute atomic E-state index is 13.3. The van der Waals surface area contributed by atoms with Crippen LogP contribution in [-0.2, 0) is 14.8 Å². The van der Waals surface area contributed by atoms with Gasteiger partial charge in [-0.05, 0) is 37.1 Å². The summed E-state index contributed by atoms with van der Waals surface area (Å²) in [7, 11) is -3.80. The van der Waals surface area contributed by atoms with Crippen LogP contribution >= 0.6 is 0 Å². The summed E-state index contributed by atoms with van der Waals surface area (Å²) in [5, 5.41) is 2.45. The van der Waals surface area contributed by atoms with Gasteiger partial charge in [-0.1, -0.05) is 18.2 Å². The molecule has 1 saturated heterocycles. The van der Waals surface area contributed by atoms with Gasteiger partial charge in [-0.15, -0.1) is 0 Å². The van der Waals surface area contributed by atoms with Gasteiger partial charge in [0, 0.05) is 18.3 Å². The van der Waals surface area contributed by atoms with Crippen molar-refractivity contribution < 1.29 is 22.0 Å². The Bertz CT molecular complexity index is 888. The van der Waals surface area contributed by atoms with Crippen molar-refractivity contribution >= 4 is 21.6 Å². The molecule has 1 heterocycles. The van der Waals surface area contributed by atoms with E-state index >= 15 is 0 Å². The van der Waals surface area contributed by atoms with Crippen LogP contribution < -0.4 is 5.32 Å². The lowest BCUT2D eigenvalue weighted by Crippen LogP contribution is -2.43. The molecule has 0 radical (unpaired) electrons. The minimum Gasteiger partial charge on any atom is -0.325 e. The Morgan fingerprint density at radius 3 is 2.48 bits per heavy atom. The Morgan fingerprint density at radius 1 is 1.08 bits per heavy atom. The van der Waals surface area contributed by atoms with E-state index in [1.807, 2.05) is 0 Å². The van der Waals surface area contributed by atoms with Crippen LogP contribution in [0.2, 0.25) is 0 Å². The summed E-state index contributed by atoms with van der Waals surface area (Å²) in [6, 6.07) is 9.96. The molecule has 1 aliphatic rings. The highest BCUT2D eigenvalue weighted by Gasteiger charge is 2.39. The lowest BCUT2D eigenvalue weighted by molar-refractivity contribution is -0.119. The molecule has 0 bridgehead atoms. The molecule has 1 fully saturated rings. The first-order chi connectivity index (χ1) is 11.9. The second-order valence-corrected chi connectivity index (χ2v) is 7.60. The summed E-state index contributed by atoms with van der Waals surface area (Å²) in [6.45, 7) is 0.229. The number of carbonyl (C=O) groups is 1. The smallest absolute Gasteiger partial charge is 0.243 e. The van der Waals surface area contributed by atoms with Gasteiger partial charge in [-0.2, -0.15) is 4.31 Å². The first-order valence-electron chi connectivity index (χ1n) is 7.72. The minimum absolute atomic E-state index is 0.0767. The zero-order valence-electron chi connectivity index (χ0n) is 13.2. The van der Waals surface area contributed by atoms with Gasteiger partial charge in [0.15, 0.2) is 11.6 Å². The van der Waals surface area contributed by atoms with Crippen molar-refractivity contribution in [3.8, 4) is 0 Å². The van der Waals surface area contributed by atoms with Gasteiger partial charge in [0.2, 0.25) is 15.9 Å². The number of hydrogen-bond acceptors (Lipinski definition) is 3. The number of halogens is 2. The van der Waals surface area contributed by atoms with Crippen molar-refractivity contribution in [3.05, 3.63) is 60.2 Å². The van der Waals surface area contributed by atoms with Gasteiger partial charge < -0.3 is 5.32 Å². The quantitative estimate of drug-likeness (QED) is 0.905. The molecule has 0 aromatic heterocycles. The largest absolute Gasteiger partial charge is 0.325 e. The molecule has 5 nitrogen and oxygen atoms in total. The highest BCUT2D eigenvalue weighted by atomic mass is 32.2. The van der Waals surface area contributed by atoms with E-state index in [4.69, 9.17) is 0 Å². The molecule has 1 aliphatic heterocycles. The number of anilines is 1. The zero-order valence-corrected chi connectivity index (χ0v) is 14.0. The summed E-state index contributed by atoms with van der Waals surface area (Å²) in [5.74, 6) is -2.67. The van der Waals surface area contributed by atoms with Gasteiger partial charge in [0.25, 0.3) is 0 Å². The van der Waals surface area contributed by atoms with E-state index in [0.717, 1.165) is 16.4 Å². The molecule has 0 spiro atoms. The van der Waals surface area contributed by atoms with Crippen LogP contribution in [0.5, 0.6) is 0 Å². The van der Waals surface area contributed by atoms with E-state index in [1.165, 1.54) is 18.2 Å². The molecule has 1 unspecified atom stereocenters. The lowest BCUT2D eigenvalue weighted by Gasteiger charge is -2.23. The van der Waals surface area contributed by atoms with E-state index in [1.54, 1.807) is 18.2 Å². The molecule has 25 heavy (non-hydrogen) atoms. The van der Waals surface area contributed by atoms with Crippen molar-refractivity contribution in [2.45, 2.75) is 23.8 Å². The van der Waals surface area contributed by atoms with Gasteiger partial charge in [0.05, 0.1) is 4.90 Å². The molecule has 3 rings (SSSR count). The number of benzene rings is 2. The van der Waals surface area contributed by atoms with Gasteiger partial charge >= 0.3 is 0 Å². The Hall–Kier alpha value is -2.32. The number of nitrogens with zero attached hydrogens (tertiary/aromatic N) is 1. The fourth-order valence-electron chi connectivity index (χ4n) is 2.82. The van der Waals surface area contributed by atoms with E-state index in [0.29, 0.717) is 12.8 Å². The molecule has 0 aliphatic carbocycles. The second-order valence-electron chi connectivity index (χ2n) is 5.70. The average molecular weight is 366 g/mol. The number of carbonyl (C=O) groups excluding carboxylic acids is 1. The van der Waals surface area contributed by atoms with E-state index < -0.39 is 33.6 Å². The molecular formula is C17H16F2N2O3S. The number of hydrogen-bond donors (Lipinski definition) is 1. The molecule has 8 heteroatoms. The van der Waals surface area contributed by atoms with Crippen molar-refractivity contribution in [1.29, 1.82) is 0 Å². The van der Waals surface area contributed by atoms with Crippen LogP contribution in [0.1, 0.15) is 12.8 Å². The third-order valence-corrected chi connectivity index (χ3v) is 5.97. The first kappa shape index (κ1) is 17.5. The third kappa shape index (κ3) is 3.54. The van der Waals surface area contributed by atoms with Crippen LogP contribution in [0.3, 0.4) is 0 Å². The van der Waals surface area contributed by atoms with Crippen molar-refractivity contribution in [2.75, 3.05) is 11.9 Å². The predicted octanol–water partition coefficient (Wildman–Crippen LogP) is 2.76. The second kappa shape index (κ2) is 6.89. The maximum Gasteiger partial charge on any atom is 0.243 e. The Kier molecular flexibility index (Phi) is 4.82. The van der Waals surface area contributed by atoms with E-state index in [-0.39, 0.29) is 17.1 Å². The molecule has 1 amide bonds. The normalized spacial score (nSPS) is 18.2. The highest BCUT2D eigenvalue weighted by molar-refractivity contribution is 7.89. The first-order valence-corrected chi connectivity index (χ1v) is 9.16. The molecule has 2 aromatic rings. The van der Waals surface area contributed by atoms with Crippen LogP contribution in [0.15, 0.2) is 53.4 Å². The zero-order chi connectivity index (χ0) is 18.0. The number of sulfonamides is 1. The third-order valence-electron chi connectivity index (χ3n) is 4.04. The molecule has 2 aromatic carbocycles. The summed E-state index contributed by atoms with van der Waals surface area (Å²) in [6.07, 6.45) is 0.906. The topological polar surface area (TPSA) is 66.5 Å². The predicted molar refractivity (Wildman–Crippen MR) is 88.3 cm³/mol. The summed E-state index contributed by atoms with van der Waals surface area (Å²) in [4.78, 5) is 12.6. The van der Waals surface area contributed by atoms with Crippen LogP contribution in [-0.4, -0.2) is 31.2 Å². The van der Waals surface area contributed by atoms with Crippen LogP contribution in [0.4, 0.5) is 14.5 Å². The Balaban J connectivity index is 1.81. The van der Waals surface area contributed by atoms with Crippen LogP contribution in [0, 0.1) is 11.6 Å². The summed E-state index contributed by atoms with van der Waals surface area (Å²) >= 11 is 0. The van der Waals surface area contributed by atoms with Crippen molar-refractivity contribution in [1.82, 2.24) is 4.31 Å². The SMILES string of the molecule is O=C(Nc1ccc(F)c(F)c1)C1CCCN1S(=O)(=O)c1ccccc1. The fourth-order valence-corrected chi connectivity index (χ4v) is 4.49. The number of rotatable bonds is 4. The monoisotopic (exact) mass is 366 g/mol. The number of amides is 1. The standard InChI is InChI=1S/C17H16F2N2O3S/c18-14-9-8-12(11-15(14)19)20-17(22)16-7-4-10-21(16)25(23,24)13-5-2-1-3-6-13/h1-3,5-6,8-9,11,16H,4,7,10H2,(H,20,22). The molecular weight excluding hydrogens is 350 g/mol. The summed E-state index contributed by atoms with van der Waals surface area (Å²) in [5.41, 5.74) is 0.0767. The fraction of sp³-hybridized carbons (Fsp3) is 0.235. The van der Waals surface area contributed by atoms with E-state index in [9.17, 15) is 22.0 Å². The van der Waals surface area contributed by atoms with Crippen molar-refractivity contribution in [2.24, 2.45) is 0 Å².